The molecule has 0 fully saturated rings. The number of para-hydroxylation sites is 1. The van der Waals surface area contributed by atoms with Crippen LogP contribution in [0.3, 0.4) is 0 Å². The minimum atomic E-state index is -3.78. The van der Waals surface area contributed by atoms with Gasteiger partial charge in [0.05, 0.1) is 16.6 Å². The molecular weight excluding hydrogens is 346 g/mol. The first-order valence-corrected chi connectivity index (χ1v) is 9.87. The summed E-state index contributed by atoms with van der Waals surface area (Å²) in [5.74, 6) is 0.0846. The predicted octanol–water partition coefficient (Wildman–Crippen LogP) is 4.64. The minimum absolute atomic E-state index is 0.0846. The molecule has 3 aromatic carbocycles. The van der Waals surface area contributed by atoms with Gasteiger partial charge in [0.2, 0.25) is 0 Å². The fraction of sp³-hybridized carbons (Fsp3) is 0.143. The van der Waals surface area contributed by atoms with Crippen LogP contribution in [0.1, 0.15) is 24.1 Å². The first-order chi connectivity index (χ1) is 12.4. The second-order valence-corrected chi connectivity index (χ2v) is 8.34. The number of aromatic hydroxyl groups is 1. The Morgan fingerprint density at radius 3 is 2.31 bits per heavy atom. The molecule has 0 bridgehead atoms. The number of benzene rings is 3. The van der Waals surface area contributed by atoms with Gasteiger partial charge < -0.3 is 5.11 Å². The van der Waals surface area contributed by atoms with Crippen molar-refractivity contribution in [2.45, 2.75) is 24.8 Å². The van der Waals surface area contributed by atoms with E-state index in [-0.39, 0.29) is 16.7 Å². The standard InChI is InChI=1S/C21H19NO3S/c1-14-13-16(11-12-21(14)23)26(24,25)22-15(2)17-7-3-4-8-18(17)19-9-5-6-10-20(19)22/h3-13,15,23H,1-2H3. The Balaban J connectivity index is 1.95. The minimum Gasteiger partial charge on any atom is -0.508 e. The Morgan fingerprint density at radius 2 is 1.58 bits per heavy atom. The molecule has 0 aromatic heterocycles. The normalized spacial score (nSPS) is 16.1. The topological polar surface area (TPSA) is 57.6 Å². The molecule has 0 aliphatic carbocycles. The SMILES string of the molecule is Cc1cc(S(=O)(=O)N2c3ccccc3-c3ccccc3C2C)ccc1O. The average molecular weight is 365 g/mol. The Bertz CT molecular complexity index is 1110. The second-order valence-electron chi connectivity index (χ2n) is 6.53. The molecule has 4 nitrogen and oxygen atoms in total. The number of sulfonamides is 1. The first-order valence-electron chi connectivity index (χ1n) is 8.43. The van der Waals surface area contributed by atoms with Crippen LogP contribution < -0.4 is 4.31 Å². The van der Waals surface area contributed by atoms with E-state index in [2.05, 4.69) is 0 Å². The third-order valence-electron chi connectivity index (χ3n) is 4.92. The van der Waals surface area contributed by atoms with E-state index in [0.29, 0.717) is 11.3 Å². The smallest absolute Gasteiger partial charge is 0.264 e. The molecule has 3 aromatic rings. The molecule has 1 N–H and O–H groups in total. The summed E-state index contributed by atoms with van der Waals surface area (Å²) in [6.07, 6.45) is 0. The van der Waals surface area contributed by atoms with E-state index >= 15 is 0 Å². The van der Waals surface area contributed by atoms with E-state index < -0.39 is 10.0 Å². The van der Waals surface area contributed by atoms with Gasteiger partial charge in [-0.25, -0.2) is 8.42 Å². The number of anilines is 1. The summed E-state index contributed by atoms with van der Waals surface area (Å²) in [6.45, 7) is 3.59. The number of hydrogen-bond donors (Lipinski definition) is 1. The molecule has 132 valence electrons. The molecule has 0 amide bonds. The summed E-state index contributed by atoms with van der Waals surface area (Å²) in [7, 11) is -3.78. The van der Waals surface area contributed by atoms with Gasteiger partial charge in [-0.1, -0.05) is 42.5 Å². The molecule has 0 radical (unpaired) electrons. The fourth-order valence-electron chi connectivity index (χ4n) is 3.57. The lowest BCUT2D eigenvalue weighted by molar-refractivity contribution is 0.470. The fourth-order valence-corrected chi connectivity index (χ4v) is 5.32. The molecule has 1 heterocycles. The van der Waals surface area contributed by atoms with Gasteiger partial charge in [-0.2, -0.15) is 0 Å². The van der Waals surface area contributed by atoms with E-state index in [1.54, 1.807) is 6.92 Å². The quantitative estimate of drug-likeness (QED) is 0.720. The molecule has 1 aliphatic rings. The van der Waals surface area contributed by atoms with Crippen molar-refractivity contribution in [2.24, 2.45) is 0 Å². The van der Waals surface area contributed by atoms with Gasteiger partial charge >= 0.3 is 0 Å². The molecule has 5 heteroatoms. The summed E-state index contributed by atoms with van der Waals surface area (Å²) < 4.78 is 28.4. The molecule has 1 atom stereocenters. The van der Waals surface area contributed by atoms with E-state index in [0.717, 1.165) is 16.7 Å². The molecule has 0 saturated heterocycles. The van der Waals surface area contributed by atoms with Crippen molar-refractivity contribution in [1.82, 2.24) is 0 Å². The Morgan fingerprint density at radius 1 is 0.923 bits per heavy atom. The molecule has 26 heavy (non-hydrogen) atoms. The van der Waals surface area contributed by atoms with Gasteiger partial charge in [-0.3, -0.25) is 4.31 Å². The van der Waals surface area contributed by atoms with Crippen LogP contribution in [0, 0.1) is 6.92 Å². The number of nitrogens with zero attached hydrogens (tertiary/aromatic N) is 1. The van der Waals surface area contributed by atoms with Gasteiger partial charge in [0.15, 0.2) is 0 Å². The monoisotopic (exact) mass is 365 g/mol. The molecule has 1 unspecified atom stereocenters. The highest BCUT2D eigenvalue weighted by Gasteiger charge is 2.36. The summed E-state index contributed by atoms with van der Waals surface area (Å²) in [5.41, 5.74) is 4.14. The van der Waals surface area contributed by atoms with E-state index in [4.69, 9.17) is 0 Å². The summed E-state index contributed by atoms with van der Waals surface area (Å²) in [6, 6.07) is 19.5. The molecule has 0 spiro atoms. The van der Waals surface area contributed by atoms with E-state index in [9.17, 15) is 13.5 Å². The Labute approximate surface area is 153 Å². The van der Waals surface area contributed by atoms with E-state index in [1.807, 2.05) is 55.5 Å². The van der Waals surface area contributed by atoms with Crippen molar-refractivity contribution in [3.05, 3.63) is 77.9 Å². The van der Waals surface area contributed by atoms with Crippen LogP contribution in [-0.4, -0.2) is 13.5 Å². The van der Waals surface area contributed by atoms with Gasteiger partial charge in [-0.05, 0) is 54.8 Å². The molecular formula is C21H19NO3S. The van der Waals surface area contributed by atoms with Gasteiger partial charge in [0, 0.05) is 5.56 Å². The number of phenols is 1. The second kappa shape index (κ2) is 5.88. The lowest BCUT2D eigenvalue weighted by atomic mass is 9.90. The third kappa shape index (κ3) is 2.39. The number of hydrogen-bond acceptors (Lipinski definition) is 3. The van der Waals surface area contributed by atoms with Gasteiger partial charge in [0.25, 0.3) is 10.0 Å². The zero-order valence-electron chi connectivity index (χ0n) is 14.5. The van der Waals surface area contributed by atoms with Gasteiger partial charge in [-0.15, -0.1) is 0 Å². The first kappa shape index (κ1) is 16.7. The van der Waals surface area contributed by atoms with Crippen LogP contribution in [0.25, 0.3) is 11.1 Å². The lowest BCUT2D eigenvalue weighted by Crippen LogP contribution is -2.36. The van der Waals surface area contributed by atoms with Crippen LogP contribution in [0.5, 0.6) is 5.75 Å². The van der Waals surface area contributed by atoms with Crippen molar-refractivity contribution in [3.63, 3.8) is 0 Å². The van der Waals surface area contributed by atoms with Crippen molar-refractivity contribution >= 4 is 15.7 Å². The number of aryl methyl sites for hydroxylation is 1. The Kier molecular flexibility index (Phi) is 3.77. The van der Waals surface area contributed by atoms with Crippen molar-refractivity contribution in [3.8, 4) is 16.9 Å². The maximum Gasteiger partial charge on any atom is 0.264 e. The zero-order chi connectivity index (χ0) is 18.5. The maximum atomic E-state index is 13.5. The van der Waals surface area contributed by atoms with Crippen LogP contribution in [-0.2, 0) is 10.0 Å². The Hall–Kier alpha value is -2.79. The highest BCUT2D eigenvalue weighted by atomic mass is 32.2. The maximum absolute atomic E-state index is 13.5. The van der Waals surface area contributed by atoms with Crippen LogP contribution >= 0.6 is 0 Å². The van der Waals surface area contributed by atoms with Crippen molar-refractivity contribution in [2.75, 3.05) is 4.31 Å². The molecule has 0 saturated carbocycles. The van der Waals surface area contributed by atoms with Crippen LogP contribution in [0.15, 0.2) is 71.6 Å². The zero-order valence-corrected chi connectivity index (χ0v) is 15.4. The lowest BCUT2D eigenvalue weighted by Gasteiger charge is -2.37. The number of fused-ring (bicyclic) bond motifs is 3. The van der Waals surface area contributed by atoms with Crippen LogP contribution in [0.2, 0.25) is 0 Å². The van der Waals surface area contributed by atoms with E-state index in [1.165, 1.54) is 22.5 Å². The van der Waals surface area contributed by atoms with Crippen molar-refractivity contribution in [1.29, 1.82) is 0 Å². The van der Waals surface area contributed by atoms with Crippen LogP contribution in [0.4, 0.5) is 5.69 Å². The number of rotatable bonds is 2. The van der Waals surface area contributed by atoms with Gasteiger partial charge in [0.1, 0.15) is 5.75 Å². The van der Waals surface area contributed by atoms with Crippen molar-refractivity contribution < 1.29 is 13.5 Å². The summed E-state index contributed by atoms with van der Waals surface area (Å²) in [5, 5.41) is 9.75. The average Bonchev–Trinajstić information content (AvgIpc) is 2.64. The highest BCUT2D eigenvalue weighted by Crippen LogP contribution is 2.46. The molecule has 1 aliphatic heterocycles. The number of phenolic OH excluding ortho intramolecular Hbond substituents is 1. The predicted molar refractivity (Wildman–Crippen MR) is 103 cm³/mol. The highest BCUT2D eigenvalue weighted by molar-refractivity contribution is 7.92. The molecule has 4 rings (SSSR count). The summed E-state index contributed by atoms with van der Waals surface area (Å²) in [4.78, 5) is 0.175. The third-order valence-corrected chi connectivity index (χ3v) is 6.80. The largest absolute Gasteiger partial charge is 0.508 e. The summed E-state index contributed by atoms with van der Waals surface area (Å²) >= 11 is 0.